The van der Waals surface area contributed by atoms with E-state index < -0.39 is 0 Å². The van der Waals surface area contributed by atoms with Gasteiger partial charge in [-0.25, -0.2) is 0 Å². The third-order valence-electron chi connectivity index (χ3n) is 1.99. The molecule has 0 amide bonds. The van der Waals surface area contributed by atoms with Gasteiger partial charge >= 0.3 is 0 Å². The Hall–Kier alpha value is -2.03. The van der Waals surface area contributed by atoms with Crippen molar-refractivity contribution in [1.29, 1.82) is 0 Å². The number of carbonyl (C=O) groups excluding carboxylic acids is 1. The van der Waals surface area contributed by atoms with Gasteiger partial charge in [0.25, 0.3) is 0 Å². The van der Waals surface area contributed by atoms with Crippen molar-refractivity contribution in [3.05, 3.63) is 53.7 Å². The van der Waals surface area contributed by atoms with Crippen LogP contribution < -0.4 is 5.73 Å². The summed E-state index contributed by atoms with van der Waals surface area (Å²) in [7, 11) is 0. The van der Waals surface area contributed by atoms with Gasteiger partial charge in [0, 0.05) is 5.56 Å². The van der Waals surface area contributed by atoms with Crippen molar-refractivity contribution in [3.8, 4) is 0 Å². The highest BCUT2D eigenvalue weighted by molar-refractivity contribution is 6.08. The first-order valence-corrected chi connectivity index (χ1v) is 4.31. The molecule has 0 bridgehead atoms. The van der Waals surface area contributed by atoms with E-state index in [0.29, 0.717) is 17.1 Å². The number of H-pyrrole nitrogens is 1. The number of nitrogen functional groups attached to an aromatic ring is 1. The van der Waals surface area contributed by atoms with Crippen LogP contribution in [0, 0.1) is 0 Å². The first-order chi connectivity index (χ1) is 6.77. The highest BCUT2D eigenvalue weighted by Crippen LogP contribution is 2.09. The third-order valence-corrected chi connectivity index (χ3v) is 1.99. The summed E-state index contributed by atoms with van der Waals surface area (Å²) in [5.74, 6) is 0.464. The predicted molar refractivity (Wildman–Crippen MR) is 55.1 cm³/mol. The minimum Gasteiger partial charge on any atom is -0.385 e. The van der Waals surface area contributed by atoms with Gasteiger partial charge < -0.3 is 10.7 Å². The Bertz CT molecular complexity index is 445. The fraction of sp³-hybridized carbons (Fsp3) is 0. The maximum absolute atomic E-state index is 11.8. The Balaban J connectivity index is 2.34. The first-order valence-electron chi connectivity index (χ1n) is 4.31. The molecule has 3 nitrogen and oxygen atoms in total. The number of hydrogen-bond acceptors (Lipinski definition) is 2. The lowest BCUT2D eigenvalue weighted by molar-refractivity contribution is 0.103. The summed E-state index contributed by atoms with van der Waals surface area (Å²) in [4.78, 5) is 14.6. The van der Waals surface area contributed by atoms with Crippen LogP contribution in [0.15, 0.2) is 42.5 Å². The lowest BCUT2D eigenvalue weighted by Gasteiger charge is -1.96. The second-order valence-electron chi connectivity index (χ2n) is 3.02. The van der Waals surface area contributed by atoms with Crippen molar-refractivity contribution in [2.45, 2.75) is 0 Å². The van der Waals surface area contributed by atoms with E-state index in [0.717, 1.165) is 0 Å². The summed E-state index contributed by atoms with van der Waals surface area (Å²) in [6, 6.07) is 12.5. The molecule has 14 heavy (non-hydrogen) atoms. The lowest BCUT2D eigenvalue weighted by Crippen LogP contribution is -2.01. The molecule has 0 aliphatic rings. The topological polar surface area (TPSA) is 58.9 Å². The number of ketones is 1. The van der Waals surface area contributed by atoms with Gasteiger partial charge in [-0.1, -0.05) is 30.3 Å². The quantitative estimate of drug-likeness (QED) is 0.703. The van der Waals surface area contributed by atoms with Gasteiger partial charge in [0.15, 0.2) is 0 Å². The van der Waals surface area contributed by atoms with Crippen molar-refractivity contribution < 1.29 is 4.79 Å². The van der Waals surface area contributed by atoms with Crippen LogP contribution in [0.4, 0.5) is 5.82 Å². The van der Waals surface area contributed by atoms with E-state index in [9.17, 15) is 4.79 Å². The van der Waals surface area contributed by atoms with E-state index in [1.807, 2.05) is 18.2 Å². The molecule has 0 atom stereocenters. The predicted octanol–water partition coefficient (Wildman–Crippen LogP) is 1.83. The second-order valence-corrected chi connectivity index (χ2v) is 3.02. The Kier molecular flexibility index (Phi) is 2.07. The van der Waals surface area contributed by atoms with Crippen molar-refractivity contribution in [2.24, 2.45) is 0 Å². The summed E-state index contributed by atoms with van der Waals surface area (Å²) in [5, 5.41) is 0. The Morgan fingerprint density at radius 2 is 1.79 bits per heavy atom. The molecule has 70 valence electrons. The largest absolute Gasteiger partial charge is 0.385 e. The van der Waals surface area contributed by atoms with Crippen LogP contribution in [-0.4, -0.2) is 10.8 Å². The van der Waals surface area contributed by atoms with E-state index in [4.69, 9.17) is 5.73 Å². The number of aromatic amines is 1. The zero-order valence-corrected chi connectivity index (χ0v) is 7.53. The highest BCUT2D eigenvalue weighted by Gasteiger charge is 2.09. The van der Waals surface area contributed by atoms with Gasteiger partial charge in [-0.3, -0.25) is 4.79 Å². The van der Waals surface area contributed by atoms with Crippen LogP contribution in [0.3, 0.4) is 0 Å². The van der Waals surface area contributed by atoms with Crippen LogP contribution in [0.5, 0.6) is 0 Å². The molecule has 0 unspecified atom stereocenters. The summed E-state index contributed by atoms with van der Waals surface area (Å²) in [6.07, 6.45) is 0. The monoisotopic (exact) mass is 186 g/mol. The minimum absolute atomic E-state index is 0.0395. The van der Waals surface area contributed by atoms with Crippen LogP contribution in [0.1, 0.15) is 16.1 Å². The number of rotatable bonds is 2. The molecule has 0 aliphatic heterocycles. The van der Waals surface area contributed by atoms with Crippen LogP contribution in [0.25, 0.3) is 0 Å². The van der Waals surface area contributed by atoms with Crippen molar-refractivity contribution >= 4 is 11.6 Å². The lowest BCUT2D eigenvalue weighted by atomic mass is 10.1. The standard InChI is InChI=1S/C11H10N2O/c12-10-7-6-9(13-10)11(14)8-4-2-1-3-5-8/h1-7,13H,12H2. The number of nitrogens with two attached hydrogens (primary N) is 1. The van der Waals surface area contributed by atoms with Crippen molar-refractivity contribution in [1.82, 2.24) is 4.98 Å². The average molecular weight is 186 g/mol. The van der Waals surface area contributed by atoms with Crippen molar-refractivity contribution in [2.75, 3.05) is 5.73 Å². The van der Waals surface area contributed by atoms with Gasteiger partial charge in [0.05, 0.1) is 5.69 Å². The second kappa shape index (κ2) is 3.38. The molecule has 2 rings (SSSR count). The minimum atomic E-state index is -0.0395. The van der Waals surface area contributed by atoms with Crippen molar-refractivity contribution in [3.63, 3.8) is 0 Å². The molecule has 1 aromatic carbocycles. The third kappa shape index (κ3) is 1.52. The van der Waals surface area contributed by atoms with Gasteiger partial charge in [-0.2, -0.15) is 0 Å². The van der Waals surface area contributed by atoms with E-state index >= 15 is 0 Å². The molecule has 0 saturated heterocycles. The molecule has 1 heterocycles. The highest BCUT2D eigenvalue weighted by atomic mass is 16.1. The van der Waals surface area contributed by atoms with E-state index in [1.165, 1.54) is 0 Å². The van der Waals surface area contributed by atoms with Crippen LogP contribution in [0.2, 0.25) is 0 Å². The molecule has 2 aromatic rings. The maximum atomic E-state index is 11.8. The molecule has 3 heteroatoms. The molecular formula is C11H10N2O. The van der Waals surface area contributed by atoms with E-state index in [2.05, 4.69) is 4.98 Å². The summed E-state index contributed by atoms with van der Waals surface area (Å²) >= 11 is 0. The molecule has 0 fully saturated rings. The number of benzene rings is 1. The molecular weight excluding hydrogens is 176 g/mol. The Labute approximate surface area is 81.6 Å². The van der Waals surface area contributed by atoms with Crippen LogP contribution >= 0.6 is 0 Å². The zero-order valence-electron chi connectivity index (χ0n) is 7.53. The molecule has 3 N–H and O–H groups in total. The fourth-order valence-corrected chi connectivity index (χ4v) is 1.29. The van der Waals surface area contributed by atoms with Gasteiger partial charge in [0.2, 0.25) is 5.78 Å². The van der Waals surface area contributed by atoms with Gasteiger partial charge in [-0.05, 0) is 12.1 Å². The van der Waals surface area contributed by atoms with E-state index in [-0.39, 0.29) is 5.78 Å². The fourth-order valence-electron chi connectivity index (χ4n) is 1.29. The Morgan fingerprint density at radius 1 is 1.07 bits per heavy atom. The SMILES string of the molecule is Nc1ccc(C(=O)c2ccccc2)[nH]1. The number of anilines is 1. The number of hydrogen-bond donors (Lipinski definition) is 2. The van der Waals surface area contributed by atoms with Crippen LogP contribution in [-0.2, 0) is 0 Å². The molecule has 0 aliphatic carbocycles. The first kappa shape index (κ1) is 8.56. The number of aromatic nitrogens is 1. The zero-order chi connectivity index (χ0) is 9.97. The molecule has 0 radical (unpaired) electrons. The normalized spacial score (nSPS) is 10.0. The van der Waals surface area contributed by atoms with E-state index in [1.54, 1.807) is 24.3 Å². The average Bonchev–Trinajstić information content (AvgIpc) is 2.65. The number of nitrogens with one attached hydrogen (secondary N) is 1. The molecule has 0 saturated carbocycles. The summed E-state index contributed by atoms with van der Waals surface area (Å²) in [6.45, 7) is 0. The number of carbonyl (C=O) groups is 1. The summed E-state index contributed by atoms with van der Waals surface area (Å²) in [5.41, 5.74) is 6.67. The molecule has 0 spiro atoms. The summed E-state index contributed by atoms with van der Waals surface area (Å²) < 4.78 is 0. The van der Waals surface area contributed by atoms with Gasteiger partial charge in [0.1, 0.15) is 5.82 Å². The maximum Gasteiger partial charge on any atom is 0.209 e. The Morgan fingerprint density at radius 3 is 2.36 bits per heavy atom. The van der Waals surface area contributed by atoms with Gasteiger partial charge in [-0.15, -0.1) is 0 Å². The molecule has 1 aromatic heterocycles. The smallest absolute Gasteiger partial charge is 0.209 e.